The lowest BCUT2D eigenvalue weighted by atomic mass is 9.62. The SMILES string of the molecule is Cc1ccc(O)cc1-c1cc2[nH]nc(N)c2c(C(c2ccccc2)(c2ccccc2)c2ccccc2)c1Cc1cc(F)cc(F)c1. The maximum atomic E-state index is 14.8. The van der Waals surface area contributed by atoms with Crippen LogP contribution in [0.1, 0.15) is 38.9 Å². The number of phenolic OH excluding ortho intramolecular Hbond substituents is 1. The first kappa shape index (κ1) is 29.0. The normalized spacial score (nSPS) is 11.6. The van der Waals surface area contributed by atoms with Crippen molar-refractivity contribution in [3.63, 3.8) is 0 Å². The predicted octanol–water partition coefficient (Wildman–Crippen LogP) is 9.08. The molecule has 0 saturated carbocycles. The van der Waals surface area contributed by atoms with Crippen LogP contribution in [0, 0.1) is 18.6 Å². The van der Waals surface area contributed by atoms with E-state index < -0.39 is 17.0 Å². The topological polar surface area (TPSA) is 74.9 Å². The van der Waals surface area contributed by atoms with Gasteiger partial charge < -0.3 is 10.8 Å². The van der Waals surface area contributed by atoms with Crippen LogP contribution in [0.3, 0.4) is 0 Å². The average Bonchev–Trinajstić information content (AvgIpc) is 3.44. The number of halogens is 2. The fraction of sp³-hybridized carbons (Fsp3) is 0.0750. The number of hydrogen-bond donors (Lipinski definition) is 3. The summed E-state index contributed by atoms with van der Waals surface area (Å²) in [4.78, 5) is 0. The maximum Gasteiger partial charge on any atom is 0.153 e. The number of nitrogens with one attached hydrogen (secondary N) is 1. The van der Waals surface area contributed by atoms with Gasteiger partial charge in [-0.2, -0.15) is 5.10 Å². The first-order chi connectivity index (χ1) is 22.4. The van der Waals surface area contributed by atoms with Crippen LogP contribution in [0.2, 0.25) is 0 Å². The van der Waals surface area contributed by atoms with Crippen molar-refractivity contribution in [1.29, 1.82) is 0 Å². The van der Waals surface area contributed by atoms with E-state index in [9.17, 15) is 13.9 Å². The summed E-state index contributed by atoms with van der Waals surface area (Å²) in [6.07, 6.45) is 0.170. The zero-order valence-electron chi connectivity index (χ0n) is 25.1. The van der Waals surface area contributed by atoms with Gasteiger partial charge in [-0.3, -0.25) is 5.10 Å². The molecule has 1 aromatic heterocycles. The lowest BCUT2D eigenvalue weighted by Gasteiger charge is -2.39. The van der Waals surface area contributed by atoms with Gasteiger partial charge in [0.15, 0.2) is 5.82 Å². The highest BCUT2D eigenvalue weighted by atomic mass is 19.1. The Hall–Kier alpha value is -5.75. The molecule has 6 heteroatoms. The van der Waals surface area contributed by atoms with E-state index in [0.29, 0.717) is 22.3 Å². The Kier molecular flexibility index (Phi) is 7.33. The average molecular weight is 608 g/mol. The number of anilines is 1. The van der Waals surface area contributed by atoms with Crippen molar-refractivity contribution in [2.75, 3.05) is 5.73 Å². The molecule has 0 spiro atoms. The zero-order chi connectivity index (χ0) is 31.8. The summed E-state index contributed by atoms with van der Waals surface area (Å²) in [5.74, 6) is -0.899. The second kappa shape index (κ2) is 11.6. The molecule has 4 nitrogen and oxygen atoms in total. The van der Waals surface area contributed by atoms with Crippen LogP contribution in [0.15, 0.2) is 133 Å². The van der Waals surface area contributed by atoms with Gasteiger partial charge >= 0.3 is 0 Å². The molecule has 4 N–H and O–H groups in total. The fourth-order valence-corrected chi connectivity index (χ4v) is 6.91. The van der Waals surface area contributed by atoms with Crippen molar-refractivity contribution >= 4 is 16.7 Å². The molecule has 0 radical (unpaired) electrons. The van der Waals surface area contributed by atoms with Gasteiger partial charge in [0.1, 0.15) is 17.4 Å². The quantitative estimate of drug-likeness (QED) is 0.158. The van der Waals surface area contributed by atoms with Crippen LogP contribution < -0.4 is 5.73 Å². The minimum absolute atomic E-state index is 0.106. The number of phenols is 1. The minimum Gasteiger partial charge on any atom is -0.508 e. The number of hydrogen-bond acceptors (Lipinski definition) is 3. The number of aromatic hydroxyl groups is 1. The third-order valence-electron chi connectivity index (χ3n) is 8.80. The molecule has 0 fully saturated rings. The van der Waals surface area contributed by atoms with Crippen molar-refractivity contribution < 1.29 is 13.9 Å². The standard InChI is InChI=1S/C40H31F2N3O/c1-25-17-18-32(46)23-33(25)34-24-36-37(39(43)45-44-36)38(35(34)21-26-19-30(41)22-31(42)20-26)40(27-11-5-2-6-12-27,28-13-7-3-8-14-28)29-15-9-4-10-16-29/h2-20,22-24,46H,21H2,1H3,(H3,43,44,45). The highest BCUT2D eigenvalue weighted by Crippen LogP contribution is 2.52. The van der Waals surface area contributed by atoms with Crippen LogP contribution in [-0.2, 0) is 11.8 Å². The Morgan fingerprint density at radius 2 is 1.24 bits per heavy atom. The second-order valence-electron chi connectivity index (χ2n) is 11.6. The molecule has 226 valence electrons. The minimum atomic E-state index is -0.956. The summed E-state index contributed by atoms with van der Waals surface area (Å²) >= 11 is 0. The number of rotatable bonds is 7. The first-order valence-electron chi connectivity index (χ1n) is 15.1. The van der Waals surface area contributed by atoms with Crippen molar-refractivity contribution in [2.45, 2.75) is 18.8 Å². The lowest BCUT2D eigenvalue weighted by Crippen LogP contribution is -2.33. The van der Waals surface area contributed by atoms with Gasteiger partial charge in [0.05, 0.1) is 10.9 Å². The van der Waals surface area contributed by atoms with Gasteiger partial charge in [0, 0.05) is 11.5 Å². The highest BCUT2D eigenvalue weighted by Gasteiger charge is 2.43. The van der Waals surface area contributed by atoms with Crippen molar-refractivity contribution in [3.8, 4) is 16.9 Å². The molecule has 7 aromatic rings. The Morgan fingerprint density at radius 1 is 0.696 bits per heavy atom. The largest absolute Gasteiger partial charge is 0.508 e. The molecular weight excluding hydrogens is 576 g/mol. The molecule has 0 atom stereocenters. The van der Waals surface area contributed by atoms with Gasteiger partial charge in [0.25, 0.3) is 0 Å². The molecule has 0 amide bonds. The number of aromatic nitrogens is 2. The fourth-order valence-electron chi connectivity index (χ4n) is 6.91. The zero-order valence-corrected chi connectivity index (χ0v) is 25.1. The predicted molar refractivity (Wildman–Crippen MR) is 180 cm³/mol. The summed E-state index contributed by atoms with van der Waals surface area (Å²) in [5, 5.41) is 19.0. The summed E-state index contributed by atoms with van der Waals surface area (Å²) in [5.41, 5.74) is 14.0. The summed E-state index contributed by atoms with van der Waals surface area (Å²) < 4.78 is 29.5. The monoisotopic (exact) mass is 607 g/mol. The molecule has 0 saturated heterocycles. The third kappa shape index (κ3) is 4.88. The first-order valence-corrected chi connectivity index (χ1v) is 15.1. The van der Waals surface area contributed by atoms with Crippen LogP contribution in [0.5, 0.6) is 5.75 Å². The number of nitrogen functional groups attached to an aromatic ring is 1. The molecular formula is C40H31F2N3O. The van der Waals surface area contributed by atoms with Gasteiger partial charge in [-0.1, -0.05) is 97.1 Å². The number of aromatic amines is 1. The molecule has 6 aromatic carbocycles. The van der Waals surface area contributed by atoms with Gasteiger partial charge in [-0.25, -0.2) is 8.78 Å². The number of aryl methyl sites for hydroxylation is 1. The molecule has 0 unspecified atom stereocenters. The van der Waals surface area contributed by atoms with Crippen molar-refractivity contribution in [2.24, 2.45) is 0 Å². The van der Waals surface area contributed by atoms with Crippen LogP contribution in [0.25, 0.3) is 22.0 Å². The Morgan fingerprint density at radius 3 is 1.78 bits per heavy atom. The van der Waals surface area contributed by atoms with Gasteiger partial charge in [0.2, 0.25) is 0 Å². The molecule has 46 heavy (non-hydrogen) atoms. The number of nitrogens with two attached hydrogens (primary N) is 1. The van der Waals surface area contributed by atoms with E-state index in [1.54, 1.807) is 12.1 Å². The van der Waals surface area contributed by atoms with E-state index in [0.717, 1.165) is 50.6 Å². The highest BCUT2D eigenvalue weighted by molar-refractivity contribution is 6.00. The molecule has 0 bridgehead atoms. The van der Waals surface area contributed by atoms with Crippen LogP contribution in [0.4, 0.5) is 14.6 Å². The van der Waals surface area contributed by atoms with Crippen LogP contribution >= 0.6 is 0 Å². The molecule has 7 rings (SSSR count). The number of benzene rings is 6. The summed E-state index contributed by atoms with van der Waals surface area (Å²) in [7, 11) is 0. The second-order valence-corrected chi connectivity index (χ2v) is 11.6. The summed E-state index contributed by atoms with van der Waals surface area (Å²) in [6.45, 7) is 1.98. The number of fused-ring (bicyclic) bond motifs is 1. The molecule has 0 aliphatic carbocycles. The summed E-state index contributed by atoms with van der Waals surface area (Å²) in [6, 6.07) is 41.4. The van der Waals surface area contributed by atoms with Crippen LogP contribution in [-0.4, -0.2) is 15.3 Å². The van der Waals surface area contributed by atoms with Crippen molar-refractivity contribution in [3.05, 3.63) is 184 Å². The molecule has 1 heterocycles. The molecule has 0 aliphatic rings. The Labute approximate surface area is 265 Å². The number of H-pyrrole nitrogens is 1. The van der Waals surface area contributed by atoms with E-state index >= 15 is 0 Å². The third-order valence-corrected chi connectivity index (χ3v) is 8.80. The van der Waals surface area contributed by atoms with E-state index in [1.165, 1.54) is 12.1 Å². The maximum absolute atomic E-state index is 14.8. The van der Waals surface area contributed by atoms with Crippen molar-refractivity contribution in [1.82, 2.24) is 10.2 Å². The van der Waals surface area contributed by atoms with E-state index in [-0.39, 0.29) is 12.2 Å². The number of nitrogens with zero attached hydrogens (tertiary/aromatic N) is 1. The van der Waals surface area contributed by atoms with E-state index in [2.05, 4.69) is 46.6 Å². The Balaban J connectivity index is 1.74. The van der Waals surface area contributed by atoms with Gasteiger partial charge in [-0.15, -0.1) is 0 Å². The molecule has 0 aliphatic heterocycles. The Bertz CT molecular complexity index is 2060. The smallest absolute Gasteiger partial charge is 0.153 e. The van der Waals surface area contributed by atoms with Gasteiger partial charge in [-0.05, 0) is 93.7 Å². The van der Waals surface area contributed by atoms with E-state index in [4.69, 9.17) is 5.73 Å². The lowest BCUT2D eigenvalue weighted by molar-refractivity contribution is 0.475. The van der Waals surface area contributed by atoms with E-state index in [1.807, 2.05) is 73.7 Å².